The van der Waals surface area contributed by atoms with Crippen LogP contribution >= 0.6 is 15.9 Å². The number of hydrogen-bond acceptors (Lipinski definition) is 3. The maximum Gasteiger partial charge on any atom is 0.241 e. The van der Waals surface area contributed by atoms with Crippen LogP contribution in [0, 0.1) is 5.82 Å². The van der Waals surface area contributed by atoms with E-state index >= 15 is 0 Å². The highest BCUT2D eigenvalue weighted by Gasteiger charge is 2.20. The summed E-state index contributed by atoms with van der Waals surface area (Å²) in [7, 11) is 3.34. The molecule has 1 unspecified atom stereocenters. The maximum atomic E-state index is 13.9. The zero-order chi connectivity index (χ0) is 17.7. The molecule has 1 amide bonds. The minimum atomic E-state index is -0.437. The Hall–Kier alpha value is -1.92. The normalized spacial score (nSPS) is 12.1. The molecule has 0 bridgehead atoms. The molecular formula is C18H20BrFN2O2. The van der Waals surface area contributed by atoms with Gasteiger partial charge in [-0.25, -0.2) is 4.39 Å². The highest BCUT2D eigenvalue weighted by molar-refractivity contribution is 9.10. The van der Waals surface area contributed by atoms with E-state index in [1.54, 1.807) is 50.2 Å². The van der Waals surface area contributed by atoms with E-state index < -0.39 is 6.04 Å². The van der Waals surface area contributed by atoms with E-state index in [1.165, 1.54) is 6.07 Å². The van der Waals surface area contributed by atoms with Crippen molar-refractivity contribution < 1.29 is 13.9 Å². The first kappa shape index (κ1) is 18.4. The first-order chi connectivity index (χ1) is 11.4. The Kier molecular flexibility index (Phi) is 6.34. The summed E-state index contributed by atoms with van der Waals surface area (Å²) in [5, 5.41) is 2.85. The van der Waals surface area contributed by atoms with Crippen LogP contribution in [0.2, 0.25) is 0 Å². The molecule has 0 saturated carbocycles. The fourth-order valence-corrected chi connectivity index (χ4v) is 2.66. The number of nitrogens with zero attached hydrogens (tertiary/aromatic N) is 1. The second-order valence-electron chi connectivity index (χ2n) is 5.52. The average Bonchev–Trinajstić information content (AvgIpc) is 2.57. The van der Waals surface area contributed by atoms with E-state index in [2.05, 4.69) is 21.2 Å². The molecule has 1 N–H and O–H groups in total. The molecule has 4 nitrogen and oxygen atoms in total. The van der Waals surface area contributed by atoms with Crippen molar-refractivity contribution >= 4 is 27.5 Å². The Morgan fingerprint density at radius 1 is 1.33 bits per heavy atom. The number of carbonyl (C=O) groups excluding carboxylic acids is 1. The summed E-state index contributed by atoms with van der Waals surface area (Å²) >= 11 is 3.33. The smallest absolute Gasteiger partial charge is 0.241 e. The van der Waals surface area contributed by atoms with Crippen LogP contribution in [-0.4, -0.2) is 31.0 Å². The number of carbonyl (C=O) groups is 1. The third kappa shape index (κ3) is 4.55. The Bertz CT molecular complexity index is 724. The second kappa shape index (κ2) is 8.26. The van der Waals surface area contributed by atoms with E-state index in [0.29, 0.717) is 23.5 Å². The predicted octanol–water partition coefficient (Wildman–Crippen LogP) is 4.06. The molecule has 2 rings (SSSR count). The molecular weight excluding hydrogens is 375 g/mol. The van der Waals surface area contributed by atoms with Crippen LogP contribution in [0.1, 0.15) is 12.5 Å². The zero-order valence-corrected chi connectivity index (χ0v) is 15.4. The quantitative estimate of drug-likeness (QED) is 0.802. The van der Waals surface area contributed by atoms with Crippen molar-refractivity contribution in [2.45, 2.75) is 19.5 Å². The summed E-state index contributed by atoms with van der Waals surface area (Å²) in [6.07, 6.45) is 0. The first-order valence-electron chi connectivity index (χ1n) is 7.50. The number of hydrogen-bond donors (Lipinski definition) is 1. The minimum Gasteiger partial charge on any atom is -0.495 e. The Labute approximate surface area is 149 Å². The third-order valence-electron chi connectivity index (χ3n) is 3.83. The lowest BCUT2D eigenvalue weighted by Gasteiger charge is -2.24. The number of amides is 1. The standard InChI is InChI=1S/C18H20BrFN2O2/c1-12(18(23)21-16-6-4-5-7-17(16)24-3)22(2)11-13-10-14(19)8-9-15(13)20/h4-10,12H,11H2,1-3H3,(H,21,23). The van der Waals surface area contributed by atoms with Gasteiger partial charge in [-0.3, -0.25) is 9.69 Å². The highest BCUT2D eigenvalue weighted by Crippen LogP contribution is 2.23. The molecule has 0 radical (unpaired) electrons. The van der Waals surface area contributed by atoms with E-state index in [4.69, 9.17) is 4.74 Å². The van der Waals surface area contributed by atoms with Crippen LogP contribution in [-0.2, 0) is 11.3 Å². The Balaban J connectivity index is 2.05. The van der Waals surface area contributed by atoms with Gasteiger partial charge >= 0.3 is 0 Å². The molecule has 2 aromatic rings. The summed E-state index contributed by atoms with van der Waals surface area (Å²) in [6, 6.07) is 11.6. The molecule has 0 fully saturated rings. The molecule has 2 aromatic carbocycles. The number of anilines is 1. The molecule has 0 heterocycles. The van der Waals surface area contributed by atoms with Gasteiger partial charge in [0.15, 0.2) is 0 Å². The molecule has 0 aliphatic heterocycles. The third-order valence-corrected chi connectivity index (χ3v) is 4.33. The van der Waals surface area contributed by atoms with Gasteiger partial charge in [-0.2, -0.15) is 0 Å². The van der Waals surface area contributed by atoms with E-state index in [9.17, 15) is 9.18 Å². The number of rotatable bonds is 6. The van der Waals surface area contributed by atoms with Gasteiger partial charge in [0.25, 0.3) is 0 Å². The van der Waals surface area contributed by atoms with Gasteiger partial charge in [0.2, 0.25) is 5.91 Å². The summed E-state index contributed by atoms with van der Waals surface area (Å²) in [4.78, 5) is 14.2. The molecule has 1 atom stereocenters. The summed E-state index contributed by atoms with van der Waals surface area (Å²) < 4.78 is 19.9. The predicted molar refractivity (Wildman–Crippen MR) is 96.7 cm³/mol. The van der Waals surface area contributed by atoms with Gasteiger partial charge < -0.3 is 10.1 Å². The van der Waals surface area contributed by atoms with Gasteiger partial charge in [0, 0.05) is 16.6 Å². The monoisotopic (exact) mass is 394 g/mol. The number of methoxy groups -OCH3 is 1. The minimum absolute atomic E-state index is 0.183. The molecule has 0 saturated heterocycles. The molecule has 0 aromatic heterocycles. The van der Waals surface area contributed by atoms with Crippen molar-refractivity contribution in [1.29, 1.82) is 0 Å². The van der Waals surface area contributed by atoms with Gasteiger partial charge in [0.05, 0.1) is 18.8 Å². The Morgan fingerprint density at radius 3 is 2.75 bits per heavy atom. The fraction of sp³-hybridized carbons (Fsp3) is 0.278. The number of nitrogens with one attached hydrogen (secondary N) is 1. The highest BCUT2D eigenvalue weighted by atomic mass is 79.9. The van der Waals surface area contributed by atoms with Crippen molar-refractivity contribution in [3.05, 3.63) is 58.3 Å². The second-order valence-corrected chi connectivity index (χ2v) is 6.43. The topological polar surface area (TPSA) is 41.6 Å². The Morgan fingerprint density at radius 2 is 2.04 bits per heavy atom. The van der Waals surface area contributed by atoms with Crippen LogP contribution < -0.4 is 10.1 Å². The number of benzene rings is 2. The largest absolute Gasteiger partial charge is 0.495 e. The number of halogens is 2. The molecule has 0 aliphatic carbocycles. The lowest BCUT2D eigenvalue weighted by Crippen LogP contribution is -2.39. The van der Waals surface area contributed by atoms with Gasteiger partial charge in [-0.15, -0.1) is 0 Å². The van der Waals surface area contributed by atoms with Crippen molar-refractivity contribution in [3.8, 4) is 5.75 Å². The maximum absolute atomic E-state index is 13.9. The van der Waals surface area contributed by atoms with Crippen LogP contribution in [0.5, 0.6) is 5.75 Å². The van der Waals surface area contributed by atoms with Crippen molar-refractivity contribution in [1.82, 2.24) is 4.90 Å². The summed E-state index contributed by atoms with van der Waals surface area (Å²) in [5.74, 6) is 0.124. The summed E-state index contributed by atoms with van der Waals surface area (Å²) in [5.41, 5.74) is 1.14. The molecule has 0 aliphatic rings. The summed E-state index contributed by atoms with van der Waals surface area (Å²) in [6.45, 7) is 2.10. The van der Waals surface area contributed by atoms with Gasteiger partial charge in [-0.1, -0.05) is 28.1 Å². The lowest BCUT2D eigenvalue weighted by atomic mass is 10.1. The van der Waals surface area contributed by atoms with Crippen molar-refractivity contribution in [2.24, 2.45) is 0 Å². The number of para-hydroxylation sites is 2. The fourth-order valence-electron chi connectivity index (χ4n) is 2.26. The van der Waals surface area contributed by atoms with Crippen LogP contribution in [0.25, 0.3) is 0 Å². The van der Waals surface area contributed by atoms with Crippen LogP contribution in [0.3, 0.4) is 0 Å². The number of likely N-dealkylation sites (N-methyl/N-ethyl adjacent to an activating group) is 1. The van der Waals surface area contributed by atoms with E-state index in [1.807, 2.05) is 12.1 Å². The molecule has 128 valence electrons. The van der Waals surface area contributed by atoms with Crippen molar-refractivity contribution in [2.75, 3.05) is 19.5 Å². The average molecular weight is 395 g/mol. The van der Waals surface area contributed by atoms with Crippen LogP contribution in [0.15, 0.2) is 46.9 Å². The van der Waals surface area contributed by atoms with Crippen LogP contribution in [0.4, 0.5) is 10.1 Å². The zero-order valence-electron chi connectivity index (χ0n) is 13.8. The van der Waals surface area contributed by atoms with Gasteiger partial charge in [-0.05, 0) is 44.3 Å². The molecule has 24 heavy (non-hydrogen) atoms. The van der Waals surface area contributed by atoms with E-state index in [-0.39, 0.29) is 11.7 Å². The SMILES string of the molecule is COc1ccccc1NC(=O)C(C)N(C)Cc1cc(Br)ccc1F. The molecule has 0 spiro atoms. The first-order valence-corrected chi connectivity index (χ1v) is 8.29. The number of ether oxygens (including phenoxy) is 1. The lowest BCUT2D eigenvalue weighted by molar-refractivity contribution is -0.120. The van der Waals surface area contributed by atoms with Gasteiger partial charge in [0.1, 0.15) is 11.6 Å². The van der Waals surface area contributed by atoms with E-state index in [0.717, 1.165) is 4.47 Å². The van der Waals surface area contributed by atoms with Crippen molar-refractivity contribution in [3.63, 3.8) is 0 Å². The molecule has 6 heteroatoms.